The number of hydrogen-bond donors (Lipinski definition) is 1. The lowest BCUT2D eigenvalue weighted by Crippen LogP contribution is -2.30. The van der Waals surface area contributed by atoms with E-state index in [2.05, 4.69) is 26.2 Å². The third-order valence-electron chi connectivity index (χ3n) is 6.85. The molecule has 0 spiro atoms. The molecule has 11 heteroatoms. The van der Waals surface area contributed by atoms with Gasteiger partial charge >= 0.3 is 12.1 Å². The molecule has 0 aliphatic carbocycles. The van der Waals surface area contributed by atoms with Crippen LogP contribution in [0.4, 0.5) is 17.6 Å². The zero-order chi connectivity index (χ0) is 31.1. The molecule has 2 atom stereocenters. The maximum absolute atomic E-state index is 13.9. The Morgan fingerprint density at radius 3 is 2.42 bits per heavy atom. The molecule has 5 nitrogen and oxygen atoms in total. The van der Waals surface area contributed by atoms with Crippen molar-refractivity contribution in [3.8, 4) is 11.3 Å². The van der Waals surface area contributed by atoms with Crippen molar-refractivity contribution in [2.24, 2.45) is 0 Å². The number of ether oxygens (including phenoxy) is 1. The van der Waals surface area contributed by atoms with Gasteiger partial charge < -0.3 is 10.1 Å². The van der Waals surface area contributed by atoms with E-state index in [0.717, 1.165) is 6.07 Å². The molecule has 0 saturated heterocycles. The van der Waals surface area contributed by atoms with Crippen LogP contribution in [0.1, 0.15) is 60.0 Å². The lowest BCUT2D eigenvalue weighted by atomic mass is 9.89. The molecule has 4 aromatic rings. The molecule has 1 heterocycles. The zero-order valence-electron chi connectivity index (χ0n) is 23.1. The summed E-state index contributed by atoms with van der Waals surface area (Å²) in [6, 6.07) is 19.2. The van der Waals surface area contributed by atoms with Crippen LogP contribution in [-0.4, -0.2) is 29.8 Å². The Balaban J connectivity index is 1.68. The molecule has 0 fully saturated rings. The Hall–Kier alpha value is -3.50. The number of amides is 1. The third-order valence-corrected chi connectivity index (χ3v) is 7.71. The smallest absolute Gasteiger partial charge is 0.416 e. The number of carbonyl (C=O) groups excluding carboxylic acids is 2. The SMILES string of the molecule is CCCC(F)OC(=O)CCC(CNC(=O)c1c(Cl)c(-c2ccccc2)nc2ccc(Br)cc12)c1ccccc1C(F)(F)F. The number of hydrogen-bond acceptors (Lipinski definition) is 4. The summed E-state index contributed by atoms with van der Waals surface area (Å²) >= 11 is 10.2. The predicted molar refractivity (Wildman–Crippen MR) is 162 cm³/mol. The van der Waals surface area contributed by atoms with Gasteiger partial charge in [0, 0.05) is 40.7 Å². The molecule has 3 aromatic carbocycles. The number of carbonyl (C=O) groups is 2. The topological polar surface area (TPSA) is 68.3 Å². The lowest BCUT2D eigenvalue weighted by Gasteiger charge is -2.23. The molecule has 0 saturated carbocycles. The summed E-state index contributed by atoms with van der Waals surface area (Å²) < 4.78 is 61.1. The Labute approximate surface area is 259 Å². The van der Waals surface area contributed by atoms with Crippen molar-refractivity contribution in [1.29, 1.82) is 0 Å². The summed E-state index contributed by atoms with van der Waals surface area (Å²) in [6.07, 6.45) is -6.47. The molecule has 226 valence electrons. The second kappa shape index (κ2) is 14.3. The van der Waals surface area contributed by atoms with Gasteiger partial charge in [-0.1, -0.05) is 83.0 Å². The number of nitrogens with one attached hydrogen (secondary N) is 1. The molecular weight excluding hydrogens is 652 g/mol. The van der Waals surface area contributed by atoms with Crippen LogP contribution in [0.15, 0.2) is 77.3 Å². The predicted octanol–water partition coefficient (Wildman–Crippen LogP) is 9.27. The van der Waals surface area contributed by atoms with Crippen LogP contribution in [0.25, 0.3) is 22.2 Å². The first-order chi connectivity index (χ1) is 20.5. The van der Waals surface area contributed by atoms with Gasteiger partial charge in [-0.3, -0.25) is 9.59 Å². The van der Waals surface area contributed by atoms with E-state index in [-0.39, 0.29) is 42.0 Å². The van der Waals surface area contributed by atoms with Crippen LogP contribution < -0.4 is 5.32 Å². The van der Waals surface area contributed by atoms with Crippen molar-refractivity contribution in [1.82, 2.24) is 10.3 Å². The van der Waals surface area contributed by atoms with E-state index in [1.165, 1.54) is 18.2 Å². The molecule has 1 aromatic heterocycles. The third kappa shape index (κ3) is 8.12. The fraction of sp³-hybridized carbons (Fsp3) is 0.281. The molecule has 0 bridgehead atoms. The maximum atomic E-state index is 13.9. The molecule has 0 aliphatic rings. The summed E-state index contributed by atoms with van der Waals surface area (Å²) in [5.74, 6) is -2.45. The lowest BCUT2D eigenvalue weighted by molar-refractivity contribution is -0.158. The Kier molecular flexibility index (Phi) is 10.8. The van der Waals surface area contributed by atoms with E-state index in [9.17, 15) is 27.2 Å². The molecule has 2 unspecified atom stereocenters. The van der Waals surface area contributed by atoms with E-state index < -0.39 is 35.9 Å². The number of pyridine rings is 1. The van der Waals surface area contributed by atoms with E-state index in [0.29, 0.717) is 33.1 Å². The molecule has 1 amide bonds. The average molecular weight is 680 g/mol. The second-order valence-corrected chi connectivity index (χ2v) is 11.2. The van der Waals surface area contributed by atoms with Gasteiger partial charge in [0.15, 0.2) is 0 Å². The number of alkyl halides is 4. The minimum Gasteiger partial charge on any atom is -0.431 e. The Bertz CT molecular complexity index is 1600. The van der Waals surface area contributed by atoms with Gasteiger partial charge in [-0.05, 0) is 42.7 Å². The first-order valence-corrected chi connectivity index (χ1v) is 14.8. The van der Waals surface area contributed by atoms with Gasteiger partial charge in [0.05, 0.1) is 27.4 Å². The number of aromatic nitrogens is 1. The van der Waals surface area contributed by atoms with Crippen molar-refractivity contribution >= 4 is 50.3 Å². The minimum atomic E-state index is -4.67. The van der Waals surface area contributed by atoms with Crippen molar-refractivity contribution < 1.29 is 31.9 Å². The van der Waals surface area contributed by atoms with E-state index >= 15 is 0 Å². The number of nitrogens with zero attached hydrogens (tertiary/aromatic N) is 1. The fourth-order valence-corrected chi connectivity index (χ4v) is 5.48. The molecule has 1 N–H and O–H groups in total. The average Bonchev–Trinajstić information content (AvgIpc) is 2.97. The largest absolute Gasteiger partial charge is 0.431 e. The van der Waals surface area contributed by atoms with Gasteiger partial charge in [-0.25, -0.2) is 9.37 Å². The molecular formula is C32H28BrClF4N2O3. The van der Waals surface area contributed by atoms with Gasteiger partial charge in [0.2, 0.25) is 6.36 Å². The highest BCUT2D eigenvalue weighted by Gasteiger charge is 2.35. The van der Waals surface area contributed by atoms with Crippen LogP contribution >= 0.6 is 27.5 Å². The number of rotatable bonds is 11. The van der Waals surface area contributed by atoms with Crippen molar-refractivity contribution in [3.63, 3.8) is 0 Å². The summed E-state index contributed by atoms with van der Waals surface area (Å²) in [4.78, 5) is 30.7. The first-order valence-electron chi connectivity index (χ1n) is 13.6. The van der Waals surface area contributed by atoms with Crippen molar-refractivity contribution in [2.75, 3.05) is 6.54 Å². The normalized spacial score (nSPS) is 13.0. The van der Waals surface area contributed by atoms with Crippen molar-refractivity contribution in [3.05, 3.63) is 99.0 Å². The fourth-order valence-electron chi connectivity index (χ4n) is 4.78. The number of halogens is 6. The summed E-state index contributed by atoms with van der Waals surface area (Å²) in [5, 5.41) is 3.25. The quantitative estimate of drug-likeness (QED) is 0.127. The zero-order valence-corrected chi connectivity index (χ0v) is 25.4. The highest BCUT2D eigenvalue weighted by Crippen LogP contribution is 2.38. The van der Waals surface area contributed by atoms with Gasteiger partial charge in [-0.15, -0.1) is 0 Å². The van der Waals surface area contributed by atoms with E-state index in [1.807, 2.05) is 6.07 Å². The van der Waals surface area contributed by atoms with Crippen LogP contribution in [0.2, 0.25) is 5.02 Å². The van der Waals surface area contributed by atoms with Crippen LogP contribution in [0.3, 0.4) is 0 Å². The van der Waals surface area contributed by atoms with E-state index in [1.54, 1.807) is 49.4 Å². The maximum Gasteiger partial charge on any atom is 0.416 e. The van der Waals surface area contributed by atoms with Crippen LogP contribution in [0, 0.1) is 0 Å². The first kappa shape index (κ1) is 32.4. The summed E-state index contributed by atoms with van der Waals surface area (Å²) in [5.41, 5.74) is 0.652. The van der Waals surface area contributed by atoms with Gasteiger partial charge in [-0.2, -0.15) is 13.2 Å². The van der Waals surface area contributed by atoms with E-state index in [4.69, 9.17) is 16.3 Å². The number of fused-ring (bicyclic) bond motifs is 1. The minimum absolute atomic E-state index is 0.0177. The molecule has 4 rings (SSSR count). The highest BCUT2D eigenvalue weighted by molar-refractivity contribution is 9.10. The Morgan fingerprint density at radius 2 is 1.72 bits per heavy atom. The molecule has 0 radical (unpaired) electrons. The number of benzene rings is 3. The summed E-state index contributed by atoms with van der Waals surface area (Å²) in [6.45, 7) is 1.47. The Morgan fingerprint density at radius 1 is 1.02 bits per heavy atom. The molecule has 43 heavy (non-hydrogen) atoms. The van der Waals surface area contributed by atoms with Crippen LogP contribution in [-0.2, 0) is 15.7 Å². The van der Waals surface area contributed by atoms with Gasteiger partial charge in [0.25, 0.3) is 5.91 Å². The molecule has 0 aliphatic heterocycles. The monoisotopic (exact) mass is 678 g/mol. The summed E-state index contributed by atoms with van der Waals surface area (Å²) in [7, 11) is 0. The van der Waals surface area contributed by atoms with Gasteiger partial charge in [0.1, 0.15) is 0 Å². The highest BCUT2D eigenvalue weighted by atomic mass is 79.9. The number of esters is 1. The second-order valence-electron chi connectivity index (χ2n) is 9.90. The van der Waals surface area contributed by atoms with Crippen LogP contribution in [0.5, 0.6) is 0 Å². The standard InChI is InChI=1S/C32H28BrClF4N2O3/c1-2-8-26(35)43-27(41)16-13-20(22-11-6-7-12-24(22)32(36,37)38)18-39-31(42)28-23-17-21(33)14-15-25(23)40-30(29(28)34)19-9-4-3-5-10-19/h3-7,9-12,14-15,17,20,26H,2,8,13,16,18H2,1H3,(H,39,42). The van der Waals surface area contributed by atoms with Crippen molar-refractivity contribution in [2.45, 2.75) is 51.1 Å².